The number of benzene rings is 1. The summed E-state index contributed by atoms with van der Waals surface area (Å²) >= 11 is 0. The summed E-state index contributed by atoms with van der Waals surface area (Å²) < 4.78 is 5.48. The van der Waals surface area contributed by atoms with Gasteiger partial charge in [0, 0.05) is 19.0 Å². The van der Waals surface area contributed by atoms with Crippen LogP contribution in [-0.2, 0) is 9.53 Å². The molecule has 1 atom stereocenters. The molecule has 0 saturated heterocycles. The van der Waals surface area contributed by atoms with E-state index in [1.165, 1.54) is 0 Å². The van der Waals surface area contributed by atoms with E-state index in [-0.39, 0.29) is 24.3 Å². The number of nitrogens with zero attached hydrogens (tertiary/aromatic N) is 2. The molecule has 0 fully saturated rings. The molecule has 24 heavy (non-hydrogen) atoms. The van der Waals surface area contributed by atoms with Crippen LogP contribution in [-0.4, -0.2) is 30.7 Å². The van der Waals surface area contributed by atoms with Gasteiger partial charge in [-0.15, -0.1) is 0 Å². The van der Waals surface area contributed by atoms with Gasteiger partial charge in [-0.1, -0.05) is 18.2 Å². The van der Waals surface area contributed by atoms with Crippen LogP contribution in [0.1, 0.15) is 45.1 Å². The lowest BCUT2D eigenvalue weighted by Crippen LogP contribution is -2.36. The van der Waals surface area contributed by atoms with E-state index in [4.69, 9.17) is 10.00 Å². The number of fused-ring (bicyclic) bond motifs is 1. The molecule has 1 aromatic carbocycles. The van der Waals surface area contributed by atoms with Crippen LogP contribution in [0.25, 0.3) is 0 Å². The van der Waals surface area contributed by atoms with Gasteiger partial charge in [0.2, 0.25) is 5.91 Å². The van der Waals surface area contributed by atoms with Crippen molar-refractivity contribution in [2.24, 2.45) is 0 Å². The van der Waals surface area contributed by atoms with Gasteiger partial charge in [-0.25, -0.2) is 4.79 Å². The largest absolute Gasteiger partial charge is 0.443 e. The molecule has 0 aliphatic carbocycles. The van der Waals surface area contributed by atoms with Gasteiger partial charge in [-0.2, -0.15) is 5.26 Å². The number of hydrogen-bond donors (Lipinski definition) is 1. The number of ether oxygens (including phenoxy) is 1. The minimum Gasteiger partial charge on any atom is -0.443 e. The fourth-order valence-electron chi connectivity index (χ4n) is 2.75. The van der Waals surface area contributed by atoms with Gasteiger partial charge in [0.05, 0.1) is 11.8 Å². The molecule has 2 rings (SSSR count). The minimum absolute atomic E-state index is 0.134. The molecule has 0 aromatic heterocycles. The summed E-state index contributed by atoms with van der Waals surface area (Å²) in [5.74, 6) is -0.135. The minimum atomic E-state index is -0.546. The highest BCUT2D eigenvalue weighted by Gasteiger charge is 2.34. The van der Waals surface area contributed by atoms with Crippen molar-refractivity contribution in [3.8, 4) is 6.07 Å². The first kappa shape index (κ1) is 17.8. The summed E-state index contributed by atoms with van der Waals surface area (Å²) in [6.45, 7) is 6.53. The third-order valence-corrected chi connectivity index (χ3v) is 3.74. The van der Waals surface area contributed by atoms with E-state index in [2.05, 4.69) is 5.32 Å². The molecule has 6 nitrogen and oxygen atoms in total. The summed E-state index contributed by atoms with van der Waals surface area (Å²) in [7, 11) is 0. The van der Waals surface area contributed by atoms with Gasteiger partial charge in [0.25, 0.3) is 0 Å². The second-order valence-corrected chi connectivity index (χ2v) is 6.82. The second kappa shape index (κ2) is 7.35. The summed E-state index contributed by atoms with van der Waals surface area (Å²) in [6.07, 6.45) is 0.213. The molecule has 2 amide bonds. The van der Waals surface area contributed by atoms with Gasteiger partial charge < -0.3 is 10.1 Å². The lowest BCUT2D eigenvalue weighted by atomic mass is 9.98. The Morgan fingerprint density at radius 2 is 2.08 bits per heavy atom. The summed E-state index contributed by atoms with van der Waals surface area (Å²) in [5, 5.41) is 11.2. The Bertz CT molecular complexity index is 658. The number of anilines is 1. The Morgan fingerprint density at radius 3 is 2.75 bits per heavy atom. The molecule has 1 aliphatic rings. The van der Waals surface area contributed by atoms with Crippen molar-refractivity contribution >= 4 is 17.7 Å². The number of hydrogen-bond acceptors (Lipinski definition) is 4. The van der Waals surface area contributed by atoms with E-state index in [0.29, 0.717) is 19.5 Å². The Balaban J connectivity index is 2.04. The monoisotopic (exact) mass is 329 g/mol. The molecule has 1 aromatic rings. The average Bonchev–Trinajstić information content (AvgIpc) is 2.85. The smallest absolute Gasteiger partial charge is 0.414 e. The molecule has 0 spiro atoms. The Labute approximate surface area is 142 Å². The normalized spacial score (nSPS) is 16.2. The van der Waals surface area contributed by atoms with Crippen molar-refractivity contribution < 1.29 is 14.3 Å². The highest BCUT2D eigenvalue weighted by molar-refractivity contribution is 5.91. The zero-order valence-electron chi connectivity index (χ0n) is 14.3. The van der Waals surface area contributed by atoms with Crippen LogP contribution in [0, 0.1) is 11.3 Å². The highest BCUT2D eigenvalue weighted by Crippen LogP contribution is 2.38. The van der Waals surface area contributed by atoms with Gasteiger partial charge in [0.1, 0.15) is 12.0 Å². The van der Waals surface area contributed by atoms with E-state index in [1.54, 1.807) is 4.90 Å². The topological polar surface area (TPSA) is 82.4 Å². The number of carbonyl (C=O) groups excluding carboxylic acids is 2. The average molecular weight is 329 g/mol. The number of nitriles is 1. The molecule has 0 radical (unpaired) electrons. The zero-order valence-corrected chi connectivity index (χ0v) is 14.3. The molecule has 1 unspecified atom stereocenters. The van der Waals surface area contributed by atoms with Crippen LogP contribution in [0.4, 0.5) is 10.5 Å². The first-order chi connectivity index (χ1) is 11.3. The Morgan fingerprint density at radius 1 is 1.38 bits per heavy atom. The van der Waals surface area contributed by atoms with Gasteiger partial charge >= 0.3 is 6.09 Å². The lowest BCUT2D eigenvalue weighted by Gasteiger charge is -2.25. The van der Waals surface area contributed by atoms with Crippen molar-refractivity contribution in [2.45, 2.75) is 45.1 Å². The van der Waals surface area contributed by atoms with Crippen LogP contribution in [0.15, 0.2) is 24.3 Å². The fraction of sp³-hybridized carbons (Fsp3) is 0.500. The molecular formula is C18H23N3O3. The number of para-hydroxylation sites is 1. The van der Waals surface area contributed by atoms with Crippen molar-refractivity contribution in [1.29, 1.82) is 5.26 Å². The van der Waals surface area contributed by atoms with E-state index >= 15 is 0 Å². The van der Waals surface area contributed by atoms with Crippen molar-refractivity contribution in [3.63, 3.8) is 0 Å². The van der Waals surface area contributed by atoms with Crippen molar-refractivity contribution in [2.75, 3.05) is 18.0 Å². The maximum absolute atomic E-state index is 12.4. The molecule has 6 heteroatoms. The Kier molecular flexibility index (Phi) is 5.45. The number of carbonyl (C=O) groups is 2. The van der Waals surface area contributed by atoms with E-state index < -0.39 is 5.60 Å². The van der Waals surface area contributed by atoms with Crippen molar-refractivity contribution in [1.82, 2.24) is 5.32 Å². The first-order valence-electron chi connectivity index (χ1n) is 8.05. The zero-order chi connectivity index (χ0) is 17.7. The van der Waals surface area contributed by atoms with Gasteiger partial charge in [0.15, 0.2) is 0 Å². The predicted octanol–water partition coefficient (Wildman–Crippen LogP) is 2.95. The summed E-state index contributed by atoms with van der Waals surface area (Å²) in [5.41, 5.74) is 1.40. The molecule has 1 N–H and O–H groups in total. The summed E-state index contributed by atoms with van der Waals surface area (Å²) in [6, 6.07) is 9.57. The van der Waals surface area contributed by atoms with Crippen LogP contribution in [0.5, 0.6) is 0 Å². The molecule has 1 aliphatic heterocycles. The number of rotatable bonds is 4. The van der Waals surface area contributed by atoms with E-state index in [0.717, 1.165) is 11.3 Å². The van der Waals surface area contributed by atoms with Crippen LogP contribution >= 0.6 is 0 Å². The summed E-state index contributed by atoms with van der Waals surface area (Å²) in [4.78, 5) is 25.5. The maximum Gasteiger partial charge on any atom is 0.414 e. The highest BCUT2D eigenvalue weighted by atomic mass is 16.6. The third-order valence-electron chi connectivity index (χ3n) is 3.74. The van der Waals surface area contributed by atoms with Crippen LogP contribution in [0.2, 0.25) is 0 Å². The number of amides is 2. The van der Waals surface area contributed by atoms with E-state index in [1.807, 2.05) is 51.1 Å². The van der Waals surface area contributed by atoms with Crippen LogP contribution < -0.4 is 10.2 Å². The molecule has 128 valence electrons. The second-order valence-electron chi connectivity index (χ2n) is 6.82. The molecular weight excluding hydrogens is 306 g/mol. The SMILES string of the molecule is CC(C)(C)OC(=O)N1CC(CCNC(=O)CC#N)c2ccccc21. The predicted molar refractivity (Wildman–Crippen MR) is 90.6 cm³/mol. The van der Waals surface area contributed by atoms with Crippen LogP contribution in [0.3, 0.4) is 0 Å². The number of nitrogens with one attached hydrogen (secondary N) is 1. The molecule has 0 saturated carbocycles. The first-order valence-corrected chi connectivity index (χ1v) is 8.05. The van der Waals surface area contributed by atoms with E-state index in [9.17, 15) is 9.59 Å². The maximum atomic E-state index is 12.4. The quantitative estimate of drug-likeness (QED) is 0.920. The molecule has 0 bridgehead atoms. The van der Waals surface area contributed by atoms with Gasteiger partial charge in [-0.3, -0.25) is 9.69 Å². The molecule has 1 heterocycles. The Hall–Kier alpha value is -2.55. The fourth-order valence-corrected chi connectivity index (χ4v) is 2.75. The third kappa shape index (κ3) is 4.48. The van der Waals surface area contributed by atoms with Gasteiger partial charge in [-0.05, 0) is 38.8 Å². The lowest BCUT2D eigenvalue weighted by molar-refractivity contribution is -0.120. The standard InChI is InChI=1S/C18H23N3O3/c1-18(2,3)24-17(23)21-12-13(9-11-20-16(22)8-10-19)14-6-4-5-7-15(14)21/h4-7,13H,8-9,11-12H2,1-3H3,(H,20,22). The van der Waals surface area contributed by atoms with Crippen molar-refractivity contribution in [3.05, 3.63) is 29.8 Å².